The molecular formula is C10H10N4O. The molecule has 1 heterocycles. The summed E-state index contributed by atoms with van der Waals surface area (Å²) >= 11 is 0. The summed E-state index contributed by atoms with van der Waals surface area (Å²) in [6.45, 7) is 1.81. The first-order valence-electron chi connectivity index (χ1n) is 4.46. The van der Waals surface area contributed by atoms with Crippen molar-refractivity contribution in [3.05, 3.63) is 42.5 Å². The molecule has 0 bridgehead atoms. The van der Waals surface area contributed by atoms with Crippen LogP contribution in [0.3, 0.4) is 0 Å². The first-order valence-corrected chi connectivity index (χ1v) is 4.46. The molecule has 0 aliphatic carbocycles. The second-order valence-electron chi connectivity index (χ2n) is 3.04. The van der Waals surface area contributed by atoms with Crippen molar-refractivity contribution >= 4 is 5.71 Å². The highest BCUT2D eigenvalue weighted by Crippen LogP contribution is 2.16. The van der Waals surface area contributed by atoms with Gasteiger partial charge in [0.05, 0.1) is 5.71 Å². The van der Waals surface area contributed by atoms with Crippen LogP contribution in [0.4, 0.5) is 0 Å². The van der Waals surface area contributed by atoms with E-state index in [9.17, 15) is 5.11 Å². The summed E-state index contributed by atoms with van der Waals surface area (Å²) in [5.74, 6) is 0.215. The van der Waals surface area contributed by atoms with Crippen molar-refractivity contribution in [3.8, 4) is 5.75 Å². The van der Waals surface area contributed by atoms with E-state index in [1.807, 2.05) is 13.0 Å². The number of aromatic nitrogens is 3. The molecule has 15 heavy (non-hydrogen) atoms. The van der Waals surface area contributed by atoms with Crippen LogP contribution in [0.15, 0.2) is 42.0 Å². The lowest BCUT2D eigenvalue weighted by atomic mass is 10.1. The number of nitrogens with zero attached hydrogens (tertiary/aromatic N) is 4. The average Bonchev–Trinajstić information content (AvgIpc) is 2.71. The van der Waals surface area contributed by atoms with Gasteiger partial charge in [-0.2, -0.15) is 5.10 Å². The van der Waals surface area contributed by atoms with Gasteiger partial charge in [-0.15, -0.1) is 10.2 Å². The van der Waals surface area contributed by atoms with Gasteiger partial charge in [-0.1, -0.05) is 12.1 Å². The van der Waals surface area contributed by atoms with E-state index in [1.54, 1.807) is 18.2 Å². The van der Waals surface area contributed by atoms with Crippen LogP contribution < -0.4 is 0 Å². The van der Waals surface area contributed by atoms with Crippen LogP contribution in [0, 0.1) is 0 Å². The first-order chi connectivity index (χ1) is 7.27. The highest BCUT2D eigenvalue weighted by atomic mass is 16.3. The predicted octanol–water partition coefficient (Wildman–Crippen LogP) is 1.26. The molecule has 0 atom stereocenters. The number of para-hydroxylation sites is 1. The molecule has 0 aliphatic heterocycles. The average molecular weight is 202 g/mol. The number of hydrogen-bond donors (Lipinski definition) is 1. The number of rotatable bonds is 2. The van der Waals surface area contributed by atoms with Crippen molar-refractivity contribution < 1.29 is 5.11 Å². The normalized spacial score (nSPS) is 11.7. The van der Waals surface area contributed by atoms with Gasteiger partial charge in [-0.25, -0.2) is 4.68 Å². The molecule has 0 aliphatic rings. The maximum Gasteiger partial charge on any atom is 0.141 e. The third-order valence-electron chi connectivity index (χ3n) is 1.97. The summed E-state index contributed by atoms with van der Waals surface area (Å²) in [5, 5.41) is 21.1. The minimum Gasteiger partial charge on any atom is -0.507 e. The zero-order valence-electron chi connectivity index (χ0n) is 8.20. The molecule has 5 heteroatoms. The van der Waals surface area contributed by atoms with Crippen molar-refractivity contribution in [3.63, 3.8) is 0 Å². The van der Waals surface area contributed by atoms with Crippen LogP contribution >= 0.6 is 0 Å². The summed E-state index contributed by atoms with van der Waals surface area (Å²) in [7, 11) is 0. The predicted molar refractivity (Wildman–Crippen MR) is 55.7 cm³/mol. The van der Waals surface area contributed by atoms with Crippen LogP contribution in [-0.4, -0.2) is 25.7 Å². The highest BCUT2D eigenvalue weighted by Gasteiger charge is 2.02. The maximum absolute atomic E-state index is 9.59. The van der Waals surface area contributed by atoms with Gasteiger partial charge in [0.2, 0.25) is 0 Å². The zero-order valence-corrected chi connectivity index (χ0v) is 8.20. The Morgan fingerprint density at radius 1 is 1.27 bits per heavy atom. The van der Waals surface area contributed by atoms with E-state index in [0.29, 0.717) is 11.3 Å². The van der Waals surface area contributed by atoms with Gasteiger partial charge < -0.3 is 5.11 Å². The molecule has 0 saturated heterocycles. The van der Waals surface area contributed by atoms with Gasteiger partial charge in [0, 0.05) is 5.56 Å². The number of phenols is 1. The van der Waals surface area contributed by atoms with Gasteiger partial charge >= 0.3 is 0 Å². The minimum atomic E-state index is 0.215. The van der Waals surface area contributed by atoms with Crippen LogP contribution in [0.25, 0.3) is 0 Å². The molecule has 76 valence electrons. The fraction of sp³-hybridized carbons (Fsp3) is 0.100. The maximum atomic E-state index is 9.59. The zero-order chi connectivity index (χ0) is 10.7. The minimum absolute atomic E-state index is 0.215. The number of hydrogen-bond acceptors (Lipinski definition) is 4. The molecule has 0 radical (unpaired) electrons. The van der Waals surface area contributed by atoms with Gasteiger partial charge in [0.15, 0.2) is 0 Å². The molecule has 1 aromatic heterocycles. The van der Waals surface area contributed by atoms with Crippen molar-refractivity contribution in [1.29, 1.82) is 0 Å². The van der Waals surface area contributed by atoms with E-state index in [0.717, 1.165) is 0 Å². The van der Waals surface area contributed by atoms with Crippen LogP contribution in [0.1, 0.15) is 12.5 Å². The molecule has 5 nitrogen and oxygen atoms in total. The molecule has 0 amide bonds. The first kappa shape index (κ1) is 9.39. The highest BCUT2D eigenvalue weighted by molar-refractivity contribution is 6.00. The smallest absolute Gasteiger partial charge is 0.141 e. The molecule has 2 rings (SSSR count). The van der Waals surface area contributed by atoms with E-state index < -0.39 is 0 Å². The third-order valence-corrected chi connectivity index (χ3v) is 1.97. The standard InChI is InChI=1S/C10H10N4O/c1-8(13-14-6-11-12-7-14)9-4-2-3-5-10(9)15/h2-7,15H,1H3/b13-8-. The monoisotopic (exact) mass is 202 g/mol. The van der Waals surface area contributed by atoms with Gasteiger partial charge in [0.1, 0.15) is 18.4 Å². The second-order valence-corrected chi connectivity index (χ2v) is 3.04. The largest absolute Gasteiger partial charge is 0.507 e. The Kier molecular flexibility index (Phi) is 2.45. The Morgan fingerprint density at radius 3 is 2.60 bits per heavy atom. The van der Waals surface area contributed by atoms with Crippen LogP contribution in [0.5, 0.6) is 5.75 Å². The van der Waals surface area contributed by atoms with Crippen LogP contribution in [0.2, 0.25) is 0 Å². The van der Waals surface area contributed by atoms with E-state index in [4.69, 9.17) is 0 Å². The summed E-state index contributed by atoms with van der Waals surface area (Å²) in [6, 6.07) is 7.05. The lowest BCUT2D eigenvalue weighted by Crippen LogP contribution is -1.98. The number of aromatic hydroxyl groups is 1. The van der Waals surface area contributed by atoms with E-state index in [2.05, 4.69) is 15.3 Å². The second kappa shape index (κ2) is 3.91. The quantitative estimate of drug-likeness (QED) is 0.745. The molecule has 0 saturated carbocycles. The topological polar surface area (TPSA) is 63.3 Å². The summed E-state index contributed by atoms with van der Waals surface area (Å²) in [6.07, 6.45) is 2.98. The Bertz CT molecular complexity index is 476. The van der Waals surface area contributed by atoms with E-state index in [1.165, 1.54) is 17.3 Å². The summed E-state index contributed by atoms with van der Waals surface area (Å²) in [5.41, 5.74) is 1.40. The molecule has 0 unspecified atom stereocenters. The Balaban J connectivity index is 2.36. The molecule has 1 aromatic carbocycles. The van der Waals surface area contributed by atoms with Crippen molar-refractivity contribution in [2.24, 2.45) is 5.10 Å². The Labute approximate surface area is 86.7 Å². The third kappa shape index (κ3) is 2.01. The van der Waals surface area contributed by atoms with E-state index >= 15 is 0 Å². The molecule has 0 spiro atoms. The Hall–Kier alpha value is -2.17. The fourth-order valence-corrected chi connectivity index (χ4v) is 1.25. The van der Waals surface area contributed by atoms with Gasteiger partial charge in [-0.3, -0.25) is 0 Å². The number of benzene rings is 1. The molecule has 2 aromatic rings. The van der Waals surface area contributed by atoms with Crippen molar-refractivity contribution in [1.82, 2.24) is 14.9 Å². The fourth-order valence-electron chi connectivity index (χ4n) is 1.25. The van der Waals surface area contributed by atoms with Crippen LogP contribution in [-0.2, 0) is 0 Å². The van der Waals surface area contributed by atoms with Crippen molar-refractivity contribution in [2.45, 2.75) is 6.92 Å². The van der Waals surface area contributed by atoms with Gasteiger partial charge in [0.25, 0.3) is 0 Å². The SMILES string of the molecule is C/C(=N/n1cnnc1)c1ccccc1O. The lowest BCUT2D eigenvalue weighted by molar-refractivity contribution is 0.474. The van der Waals surface area contributed by atoms with Crippen molar-refractivity contribution in [2.75, 3.05) is 0 Å². The summed E-state index contributed by atoms with van der Waals surface area (Å²) < 4.78 is 1.49. The molecular weight excluding hydrogens is 192 g/mol. The van der Waals surface area contributed by atoms with Gasteiger partial charge in [-0.05, 0) is 19.1 Å². The number of phenolic OH excluding ortho intramolecular Hbond substituents is 1. The molecule has 0 fully saturated rings. The molecule has 1 N–H and O–H groups in total. The van der Waals surface area contributed by atoms with E-state index in [-0.39, 0.29) is 5.75 Å². The summed E-state index contributed by atoms with van der Waals surface area (Å²) in [4.78, 5) is 0. The Morgan fingerprint density at radius 2 is 1.93 bits per heavy atom. The lowest BCUT2D eigenvalue weighted by Gasteiger charge is -2.02.